The summed E-state index contributed by atoms with van der Waals surface area (Å²) in [7, 11) is 2.09. The van der Waals surface area contributed by atoms with Gasteiger partial charge in [-0.3, -0.25) is 4.68 Å². The molecular formula is C17H25N3. The van der Waals surface area contributed by atoms with E-state index in [-0.39, 0.29) is 0 Å². The average Bonchev–Trinajstić information content (AvgIpc) is 3.27. The van der Waals surface area contributed by atoms with Gasteiger partial charge in [0.1, 0.15) is 0 Å². The van der Waals surface area contributed by atoms with Gasteiger partial charge in [0.25, 0.3) is 0 Å². The first-order chi connectivity index (χ1) is 9.74. The molecule has 3 nitrogen and oxygen atoms in total. The zero-order valence-corrected chi connectivity index (χ0v) is 12.8. The summed E-state index contributed by atoms with van der Waals surface area (Å²) in [6.07, 6.45) is 3.84. The molecule has 1 aliphatic rings. The number of fused-ring (bicyclic) bond motifs is 1. The molecule has 0 amide bonds. The largest absolute Gasteiger partial charge is 0.316 e. The van der Waals surface area contributed by atoms with Crippen molar-refractivity contribution in [2.45, 2.75) is 45.7 Å². The van der Waals surface area contributed by atoms with Crippen LogP contribution >= 0.6 is 0 Å². The van der Waals surface area contributed by atoms with Gasteiger partial charge in [0.15, 0.2) is 0 Å². The van der Waals surface area contributed by atoms with E-state index in [1.165, 1.54) is 29.4 Å². The third kappa shape index (κ3) is 2.47. The van der Waals surface area contributed by atoms with Gasteiger partial charge in [-0.25, -0.2) is 0 Å². The molecule has 20 heavy (non-hydrogen) atoms. The number of aryl methyl sites for hydroxylation is 1. The Hall–Kier alpha value is -1.35. The van der Waals surface area contributed by atoms with Gasteiger partial charge in [-0.05, 0) is 44.7 Å². The van der Waals surface area contributed by atoms with Crippen LogP contribution in [0.4, 0.5) is 0 Å². The van der Waals surface area contributed by atoms with E-state index >= 15 is 0 Å². The highest BCUT2D eigenvalue weighted by Gasteiger charge is 2.33. The molecule has 2 unspecified atom stereocenters. The number of rotatable bonds is 6. The predicted octanol–water partition coefficient (Wildman–Crippen LogP) is 3.23. The van der Waals surface area contributed by atoms with Gasteiger partial charge in [-0.1, -0.05) is 25.1 Å². The molecule has 0 saturated heterocycles. The van der Waals surface area contributed by atoms with Crippen molar-refractivity contribution in [2.75, 3.05) is 7.05 Å². The Morgan fingerprint density at radius 1 is 1.35 bits per heavy atom. The number of hydrogen-bond donors (Lipinski definition) is 1. The Kier molecular flexibility index (Phi) is 3.79. The summed E-state index contributed by atoms with van der Waals surface area (Å²) < 4.78 is 2.12. The van der Waals surface area contributed by atoms with Gasteiger partial charge in [-0.15, -0.1) is 0 Å². The van der Waals surface area contributed by atoms with Crippen molar-refractivity contribution in [1.29, 1.82) is 0 Å². The Morgan fingerprint density at radius 2 is 2.10 bits per heavy atom. The summed E-state index contributed by atoms with van der Waals surface area (Å²) in [5.41, 5.74) is 2.51. The number of likely N-dealkylation sites (N-methyl/N-ethyl adjacent to an activating group) is 1. The topological polar surface area (TPSA) is 29.9 Å². The number of nitrogens with zero attached hydrogens (tertiary/aromatic N) is 2. The van der Waals surface area contributed by atoms with E-state index in [0.29, 0.717) is 6.04 Å². The summed E-state index contributed by atoms with van der Waals surface area (Å²) in [4.78, 5) is 0. The zero-order valence-electron chi connectivity index (χ0n) is 12.8. The predicted molar refractivity (Wildman–Crippen MR) is 83.8 cm³/mol. The molecule has 108 valence electrons. The van der Waals surface area contributed by atoms with Crippen molar-refractivity contribution in [3.63, 3.8) is 0 Å². The van der Waals surface area contributed by atoms with Gasteiger partial charge in [0.2, 0.25) is 0 Å². The third-order valence-corrected chi connectivity index (χ3v) is 4.82. The van der Waals surface area contributed by atoms with Crippen LogP contribution < -0.4 is 5.32 Å². The van der Waals surface area contributed by atoms with Gasteiger partial charge in [0.05, 0.1) is 11.2 Å². The highest BCUT2D eigenvalue weighted by molar-refractivity contribution is 5.82. The maximum absolute atomic E-state index is 4.83. The molecule has 3 heteroatoms. The Balaban J connectivity index is 1.89. The lowest BCUT2D eigenvalue weighted by Gasteiger charge is -2.22. The van der Waals surface area contributed by atoms with Crippen LogP contribution in [0.2, 0.25) is 0 Å². The molecule has 1 fully saturated rings. The monoisotopic (exact) mass is 271 g/mol. The summed E-state index contributed by atoms with van der Waals surface area (Å²) >= 11 is 0. The van der Waals surface area contributed by atoms with Gasteiger partial charge >= 0.3 is 0 Å². The van der Waals surface area contributed by atoms with E-state index in [1.807, 2.05) is 0 Å². The fraction of sp³-hybridized carbons (Fsp3) is 0.588. The first kappa shape index (κ1) is 13.6. The molecule has 1 aromatic heterocycles. The van der Waals surface area contributed by atoms with Crippen LogP contribution in [0.5, 0.6) is 0 Å². The van der Waals surface area contributed by atoms with Crippen LogP contribution in [-0.2, 0) is 13.0 Å². The maximum Gasteiger partial charge on any atom is 0.0718 e. The SMILES string of the molecule is CCn1nc(CC(NC)C(C)C2CC2)c2ccccc21. The molecule has 1 saturated carbocycles. The molecule has 0 spiro atoms. The second-order valence-corrected chi connectivity index (χ2v) is 6.08. The Bertz CT molecular complexity index is 583. The van der Waals surface area contributed by atoms with Crippen LogP contribution in [0, 0.1) is 11.8 Å². The summed E-state index contributed by atoms with van der Waals surface area (Å²) in [5.74, 6) is 1.66. The molecule has 1 aliphatic carbocycles. The smallest absolute Gasteiger partial charge is 0.0718 e. The molecule has 2 atom stereocenters. The van der Waals surface area contributed by atoms with E-state index in [4.69, 9.17) is 5.10 Å². The minimum Gasteiger partial charge on any atom is -0.316 e. The minimum absolute atomic E-state index is 0.533. The number of nitrogens with one attached hydrogen (secondary N) is 1. The quantitative estimate of drug-likeness (QED) is 0.874. The summed E-state index contributed by atoms with van der Waals surface area (Å²) in [6, 6.07) is 9.13. The van der Waals surface area contributed by atoms with E-state index in [0.717, 1.165) is 24.8 Å². The second kappa shape index (κ2) is 5.57. The number of hydrogen-bond acceptors (Lipinski definition) is 2. The molecule has 0 radical (unpaired) electrons. The van der Waals surface area contributed by atoms with E-state index in [9.17, 15) is 0 Å². The minimum atomic E-state index is 0.533. The summed E-state index contributed by atoms with van der Waals surface area (Å²) in [5, 5.41) is 9.67. The van der Waals surface area contributed by atoms with Gasteiger partial charge < -0.3 is 5.32 Å². The maximum atomic E-state index is 4.83. The van der Waals surface area contributed by atoms with E-state index < -0.39 is 0 Å². The van der Waals surface area contributed by atoms with E-state index in [2.05, 4.69) is 55.2 Å². The van der Waals surface area contributed by atoms with Gasteiger partial charge in [0, 0.05) is 24.4 Å². The fourth-order valence-corrected chi connectivity index (χ4v) is 3.30. The van der Waals surface area contributed by atoms with Crippen molar-refractivity contribution in [2.24, 2.45) is 11.8 Å². The third-order valence-electron chi connectivity index (χ3n) is 4.82. The first-order valence-corrected chi connectivity index (χ1v) is 7.86. The van der Waals surface area contributed by atoms with Gasteiger partial charge in [-0.2, -0.15) is 5.10 Å². The number of benzene rings is 1. The molecule has 0 bridgehead atoms. The standard InChI is InChI=1S/C17H25N3/c1-4-20-17-8-6-5-7-14(17)16(19-20)11-15(18-3)12(2)13-9-10-13/h5-8,12-13,15,18H,4,9-11H2,1-3H3. The van der Waals surface area contributed by atoms with Crippen LogP contribution in [-0.4, -0.2) is 22.9 Å². The average molecular weight is 271 g/mol. The molecule has 0 aliphatic heterocycles. The lowest BCUT2D eigenvalue weighted by molar-refractivity contribution is 0.355. The number of para-hydroxylation sites is 1. The Morgan fingerprint density at radius 3 is 2.75 bits per heavy atom. The first-order valence-electron chi connectivity index (χ1n) is 7.86. The summed E-state index contributed by atoms with van der Waals surface area (Å²) in [6.45, 7) is 5.48. The Labute approximate surface area is 121 Å². The van der Waals surface area contributed by atoms with Crippen molar-refractivity contribution in [3.05, 3.63) is 30.0 Å². The van der Waals surface area contributed by atoms with Crippen LogP contribution in [0.25, 0.3) is 10.9 Å². The second-order valence-electron chi connectivity index (χ2n) is 6.08. The van der Waals surface area contributed by atoms with Crippen molar-refractivity contribution >= 4 is 10.9 Å². The zero-order chi connectivity index (χ0) is 14.1. The van der Waals surface area contributed by atoms with Crippen molar-refractivity contribution < 1.29 is 0 Å². The molecule has 1 aromatic carbocycles. The highest BCUT2D eigenvalue weighted by Crippen LogP contribution is 2.39. The lowest BCUT2D eigenvalue weighted by Crippen LogP contribution is -2.35. The molecule has 2 aromatic rings. The van der Waals surface area contributed by atoms with E-state index in [1.54, 1.807) is 0 Å². The van der Waals surface area contributed by atoms with Crippen LogP contribution in [0.1, 0.15) is 32.4 Å². The molecule has 1 heterocycles. The lowest BCUT2D eigenvalue weighted by atomic mass is 9.92. The normalized spacial score (nSPS) is 18.4. The molecule has 3 rings (SSSR count). The molecular weight excluding hydrogens is 246 g/mol. The number of aromatic nitrogens is 2. The van der Waals surface area contributed by atoms with Crippen LogP contribution in [0.15, 0.2) is 24.3 Å². The van der Waals surface area contributed by atoms with Crippen molar-refractivity contribution in [1.82, 2.24) is 15.1 Å². The fourth-order valence-electron chi connectivity index (χ4n) is 3.30. The highest BCUT2D eigenvalue weighted by atomic mass is 15.3. The molecule has 1 N–H and O–H groups in total. The van der Waals surface area contributed by atoms with Crippen LogP contribution in [0.3, 0.4) is 0 Å². The van der Waals surface area contributed by atoms with Crippen molar-refractivity contribution in [3.8, 4) is 0 Å².